The predicted octanol–water partition coefficient (Wildman–Crippen LogP) is 2.82. The third-order valence-electron chi connectivity index (χ3n) is 4.26. The summed E-state index contributed by atoms with van der Waals surface area (Å²) in [5, 5.41) is 21.9. The van der Waals surface area contributed by atoms with E-state index in [0.717, 1.165) is 16.7 Å². The summed E-state index contributed by atoms with van der Waals surface area (Å²) >= 11 is 6.02. The van der Waals surface area contributed by atoms with E-state index in [2.05, 4.69) is 5.32 Å². The molecule has 0 radical (unpaired) electrons. The molecule has 7 nitrogen and oxygen atoms in total. The number of carboxylic acids is 1. The first-order chi connectivity index (χ1) is 14.2. The highest BCUT2D eigenvalue weighted by atomic mass is 35.5. The Bertz CT molecular complexity index is 897. The van der Waals surface area contributed by atoms with E-state index < -0.39 is 36.1 Å². The van der Waals surface area contributed by atoms with Gasteiger partial charge >= 0.3 is 17.8 Å². The van der Waals surface area contributed by atoms with Crippen LogP contribution in [0.3, 0.4) is 0 Å². The molecule has 0 aliphatic carbocycles. The van der Waals surface area contributed by atoms with Gasteiger partial charge in [-0.25, -0.2) is 9.59 Å². The average molecular weight is 434 g/mol. The van der Waals surface area contributed by atoms with Gasteiger partial charge in [-0.05, 0) is 49.1 Å². The van der Waals surface area contributed by atoms with Crippen molar-refractivity contribution in [3.63, 3.8) is 0 Å². The molecule has 2 aromatic carbocycles. The fourth-order valence-corrected chi connectivity index (χ4v) is 3.09. The van der Waals surface area contributed by atoms with E-state index in [0.29, 0.717) is 5.02 Å². The Kier molecular flexibility index (Phi) is 8.38. The quantitative estimate of drug-likeness (QED) is 0.436. The van der Waals surface area contributed by atoms with Gasteiger partial charge in [-0.15, -0.1) is 0 Å². The molecule has 30 heavy (non-hydrogen) atoms. The number of aliphatic carboxylic acids is 1. The summed E-state index contributed by atoms with van der Waals surface area (Å²) in [6, 6.07) is 14.0. The monoisotopic (exact) mass is 433 g/mol. The molecule has 3 N–H and O–H groups in total. The van der Waals surface area contributed by atoms with E-state index in [4.69, 9.17) is 21.4 Å². The number of carbonyl (C=O) groups excluding carboxylic acids is 2. The van der Waals surface area contributed by atoms with Gasteiger partial charge in [0.2, 0.25) is 0 Å². The number of aliphatic hydroxyl groups is 1. The molecule has 2 aromatic rings. The second-order valence-electron chi connectivity index (χ2n) is 7.12. The van der Waals surface area contributed by atoms with Crippen molar-refractivity contribution in [3.05, 3.63) is 59.1 Å². The molecule has 0 saturated carbocycles. The third kappa shape index (κ3) is 7.17. The van der Waals surface area contributed by atoms with Crippen molar-refractivity contribution in [2.24, 2.45) is 0 Å². The van der Waals surface area contributed by atoms with Gasteiger partial charge in [0.15, 0.2) is 6.10 Å². The molecule has 1 unspecified atom stereocenters. The van der Waals surface area contributed by atoms with Crippen molar-refractivity contribution in [1.82, 2.24) is 5.32 Å². The van der Waals surface area contributed by atoms with Crippen molar-refractivity contribution >= 4 is 29.4 Å². The van der Waals surface area contributed by atoms with Crippen LogP contribution >= 0.6 is 11.6 Å². The lowest BCUT2D eigenvalue weighted by Gasteiger charge is -2.21. The molecule has 1 amide bonds. The second-order valence-corrected chi connectivity index (χ2v) is 7.56. The zero-order chi connectivity index (χ0) is 22.3. The topological polar surface area (TPSA) is 113 Å². The van der Waals surface area contributed by atoms with Gasteiger partial charge < -0.3 is 20.3 Å². The molecule has 0 aliphatic rings. The van der Waals surface area contributed by atoms with Gasteiger partial charge in [0.25, 0.3) is 0 Å². The Morgan fingerprint density at radius 3 is 2.30 bits per heavy atom. The minimum absolute atomic E-state index is 0.180. The van der Waals surface area contributed by atoms with Gasteiger partial charge in [0.05, 0.1) is 6.10 Å². The first-order valence-corrected chi connectivity index (χ1v) is 9.80. The van der Waals surface area contributed by atoms with Crippen molar-refractivity contribution < 1.29 is 29.3 Å². The number of hydrogen-bond donors (Lipinski definition) is 3. The maximum absolute atomic E-state index is 11.9. The number of nitrogens with one attached hydrogen (secondary N) is 1. The van der Waals surface area contributed by atoms with Crippen molar-refractivity contribution in [1.29, 1.82) is 0 Å². The normalized spacial score (nSPS) is 12.8. The molecule has 0 heterocycles. The van der Waals surface area contributed by atoms with Crippen LogP contribution in [0.4, 0.5) is 0 Å². The summed E-state index contributed by atoms with van der Waals surface area (Å²) in [6.07, 6.45) is -1.85. The van der Waals surface area contributed by atoms with Crippen LogP contribution in [0.25, 0.3) is 11.1 Å². The lowest BCUT2D eigenvalue weighted by Crippen LogP contribution is -2.43. The molecule has 0 spiro atoms. The molecule has 8 heteroatoms. The number of ether oxygens (including phenoxy) is 1. The highest BCUT2D eigenvalue weighted by molar-refractivity contribution is 6.31. The van der Waals surface area contributed by atoms with E-state index in [-0.39, 0.29) is 12.8 Å². The molecule has 0 fully saturated rings. The van der Waals surface area contributed by atoms with Crippen LogP contribution in [-0.4, -0.2) is 46.3 Å². The van der Waals surface area contributed by atoms with Gasteiger partial charge in [-0.1, -0.05) is 48.0 Å². The zero-order valence-electron chi connectivity index (χ0n) is 16.7. The Hall–Kier alpha value is -2.90. The number of rotatable bonds is 8. The standard InChI is InChI=1S/C22H24ClNO6/c1-13(2)30-22(29)19(25)12-18(24-20(26)21(27)28)10-14-6-8-15(9-7-14)16-4-3-5-17(23)11-16/h3-9,11,13,18-19,25H,10,12H2,1-2H3,(H,24,26)(H,27,28)/t18-,19?/m1/s1. The van der Waals surface area contributed by atoms with Gasteiger partial charge in [0.1, 0.15) is 0 Å². The molecule has 0 aromatic heterocycles. The van der Waals surface area contributed by atoms with Crippen LogP contribution in [0.1, 0.15) is 25.8 Å². The summed E-state index contributed by atoms with van der Waals surface area (Å²) < 4.78 is 4.96. The smallest absolute Gasteiger partial charge is 0.394 e. The molecule has 0 aliphatic heterocycles. The summed E-state index contributed by atoms with van der Waals surface area (Å²) in [6.45, 7) is 3.30. The largest absolute Gasteiger partial charge is 0.474 e. The Morgan fingerprint density at radius 1 is 1.07 bits per heavy atom. The van der Waals surface area contributed by atoms with Crippen LogP contribution in [0, 0.1) is 0 Å². The van der Waals surface area contributed by atoms with E-state index in [1.165, 1.54) is 0 Å². The van der Waals surface area contributed by atoms with E-state index in [1.54, 1.807) is 19.9 Å². The summed E-state index contributed by atoms with van der Waals surface area (Å²) in [5.74, 6) is -3.67. The molecular formula is C22H24ClNO6. The Labute approximate surface area is 179 Å². The molecule has 0 bridgehead atoms. The number of esters is 1. The van der Waals surface area contributed by atoms with Crippen LogP contribution in [0.2, 0.25) is 5.02 Å². The first kappa shape index (κ1) is 23.4. The van der Waals surface area contributed by atoms with Crippen LogP contribution < -0.4 is 5.32 Å². The minimum Gasteiger partial charge on any atom is -0.474 e. The van der Waals surface area contributed by atoms with Crippen molar-refractivity contribution in [2.45, 2.75) is 44.9 Å². The van der Waals surface area contributed by atoms with Gasteiger partial charge in [0, 0.05) is 17.5 Å². The predicted molar refractivity (Wildman–Crippen MR) is 112 cm³/mol. The number of benzene rings is 2. The number of aliphatic hydroxyl groups excluding tert-OH is 1. The number of carboxylic acid groups (broad SMARTS) is 1. The summed E-state index contributed by atoms with van der Waals surface area (Å²) in [4.78, 5) is 34.4. The Morgan fingerprint density at radius 2 is 1.73 bits per heavy atom. The molecule has 160 valence electrons. The lowest BCUT2D eigenvalue weighted by molar-refractivity contribution is -0.158. The van der Waals surface area contributed by atoms with Crippen molar-refractivity contribution in [2.75, 3.05) is 0 Å². The second kappa shape index (κ2) is 10.8. The summed E-state index contributed by atoms with van der Waals surface area (Å²) in [5.41, 5.74) is 2.67. The van der Waals surface area contributed by atoms with Crippen molar-refractivity contribution in [3.8, 4) is 11.1 Å². The molecular weight excluding hydrogens is 410 g/mol. The average Bonchev–Trinajstić information content (AvgIpc) is 2.67. The zero-order valence-corrected chi connectivity index (χ0v) is 17.4. The van der Waals surface area contributed by atoms with E-state index in [1.807, 2.05) is 42.5 Å². The highest BCUT2D eigenvalue weighted by Crippen LogP contribution is 2.23. The number of carbonyl (C=O) groups is 3. The number of halogens is 1. The maximum atomic E-state index is 11.9. The highest BCUT2D eigenvalue weighted by Gasteiger charge is 2.26. The first-order valence-electron chi connectivity index (χ1n) is 9.43. The fraction of sp³-hybridized carbons (Fsp3) is 0.318. The van der Waals surface area contributed by atoms with Gasteiger partial charge in [-0.2, -0.15) is 0 Å². The molecule has 2 atom stereocenters. The SMILES string of the molecule is CC(C)OC(=O)C(O)C[C@@H](Cc1ccc(-c2cccc(Cl)c2)cc1)NC(=O)C(=O)O. The summed E-state index contributed by atoms with van der Waals surface area (Å²) in [7, 11) is 0. The lowest BCUT2D eigenvalue weighted by atomic mass is 9.97. The maximum Gasteiger partial charge on any atom is 0.394 e. The Balaban J connectivity index is 2.13. The number of amides is 1. The van der Waals surface area contributed by atoms with E-state index >= 15 is 0 Å². The molecule has 0 saturated heterocycles. The number of hydrogen-bond acceptors (Lipinski definition) is 5. The van der Waals surface area contributed by atoms with Gasteiger partial charge in [-0.3, -0.25) is 4.79 Å². The fourth-order valence-electron chi connectivity index (χ4n) is 2.90. The van der Waals surface area contributed by atoms with Crippen LogP contribution in [-0.2, 0) is 25.5 Å². The van der Waals surface area contributed by atoms with Crippen LogP contribution in [0.5, 0.6) is 0 Å². The van der Waals surface area contributed by atoms with E-state index in [9.17, 15) is 19.5 Å². The van der Waals surface area contributed by atoms with Crippen LogP contribution in [0.15, 0.2) is 48.5 Å². The third-order valence-corrected chi connectivity index (χ3v) is 4.49. The minimum atomic E-state index is -1.64. The molecule has 2 rings (SSSR count).